The Morgan fingerprint density at radius 3 is 3.06 bits per heavy atom. The number of nitrogens with one attached hydrogen (secondary N) is 1. The molecule has 0 spiro atoms. The van der Waals surface area contributed by atoms with Crippen LogP contribution in [0.25, 0.3) is 0 Å². The van der Waals surface area contributed by atoms with E-state index in [1.165, 1.54) is 6.20 Å². The maximum absolute atomic E-state index is 8.91. The lowest BCUT2D eigenvalue weighted by Crippen LogP contribution is -2.26. The van der Waals surface area contributed by atoms with E-state index >= 15 is 0 Å². The molecule has 17 heavy (non-hydrogen) atoms. The zero-order chi connectivity index (χ0) is 12.7. The number of halogens is 1. The van der Waals surface area contributed by atoms with Gasteiger partial charge in [-0.25, -0.2) is 4.98 Å². The largest absolute Gasteiger partial charge is 0.396 e. The van der Waals surface area contributed by atoms with Crippen LogP contribution in [0.4, 0.5) is 5.82 Å². The van der Waals surface area contributed by atoms with Gasteiger partial charge >= 0.3 is 0 Å². The van der Waals surface area contributed by atoms with Gasteiger partial charge in [0.05, 0.1) is 18.2 Å². The molecule has 6 heteroatoms. The summed E-state index contributed by atoms with van der Waals surface area (Å²) in [6.07, 6.45) is 2.03. The quantitative estimate of drug-likeness (QED) is 0.804. The molecule has 0 saturated heterocycles. The molecule has 1 aromatic rings. The highest BCUT2D eigenvalue weighted by molar-refractivity contribution is 6.34. The summed E-state index contributed by atoms with van der Waals surface area (Å²) in [4.78, 5) is 4.06. The second-order valence-corrected chi connectivity index (χ2v) is 3.82. The SMILES string of the molecule is COCC(CCO)Nc1nccc(C#N)c1Cl. The first-order valence-corrected chi connectivity index (χ1v) is 5.51. The summed E-state index contributed by atoms with van der Waals surface area (Å²) in [6, 6.07) is 3.43. The lowest BCUT2D eigenvalue weighted by molar-refractivity contribution is 0.170. The van der Waals surface area contributed by atoms with Crippen molar-refractivity contribution in [1.82, 2.24) is 4.98 Å². The Morgan fingerprint density at radius 1 is 1.71 bits per heavy atom. The predicted octanol–water partition coefficient (Wildman–Crippen LogP) is 1.42. The molecule has 1 unspecified atom stereocenters. The van der Waals surface area contributed by atoms with E-state index in [1.807, 2.05) is 6.07 Å². The van der Waals surface area contributed by atoms with Crippen molar-refractivity contribution in [2.45, 2.75) is 12.5 Å². The van der Waals surface area contributed by atoms with Crippen LogP contribution in [-0.2, 0) is 4.74 Å². The van der Waals surface area contributed by atoms with Crippen molar-refractivity contribution in [3.05, 3.63) is 22.8 Å². The molecule has 1 aromatic heterocycles. The summed E-state index contributed by atoms with van der Waals surface area (Å²) in [5.41, 5.74) is 0.365. The molecule has 1 atom stereocenters. The summed E-state index contributed by atoms with van der Waals surface area (Å²) in [6.45, 7) is 0.464. The molecule has 0 bridgehead atoms. The number of aromatic nitrogens is 1. The Morgan fingerprint density at radius 2 is 2.47 bits per heavy atom. The molecular weight excluding hydrogens is 242 g/mol. The normalized spacial score (nSPS) is 11.9. The summed E-state index contributed by atoms with van der Waals surface area (Å²) < 4.78 is 5.02. The number of ether oxygens (including phenoxy) is 1. The van der Waals surface area contributed by atoms with Crippen molar-refractivity contribution in [2.24, 2.45) is 0 Å². The van der Waals surface area contributed by atoms with Crippen molar-refractivity contribution in [3.63, 3.8) is 0 Å². The van der Waals surface area contributed by atoms with E-state index in [2.05, 4.69) is 10.3 Å². The molecule has 1 rings (SSSR count). The highest BCUT2D eigenvalue weighted by Crippen LogP contribution is 2.23. The highest BCUT2D eigenvalue weighted by Gasteiger charge is 2.12. The fourth-order valence-electron chi connectivity index (χ4n) is 1.38. The minimum atomic E-state index is -0.0936. The van der Waals surface area contributed by atoms with Crippen LogP contribution in [0.3, 0.4) is 0 Å². The van der Waals surface area contributed by atoms with Gasteiger partial charge in [-0.15, -0.1) is 0 Å². The van der Waals surface area contributed by atoms with Gasteiger partial charge in [0.15, 0.2) is 0 Å². The number of aliphatic hydroxyl groups excluding tert-OH is 1. The average molecular weight is 256 g/mol. The van der Waals surface area contributed by atoms with Crippen molar-refractivity contribution in [2.75, 3.05) is 25.6 Å². The number of methoxy groups -OCH3 is 1. The van der Waals surface area contributed by atoms with Gasteiger partial charge in [-0.1, -0.05) is 11.6 Å². The van der Waals surface area contributed by atoms with Gasteiger partial charge in [0.2, 0.25) is 0 Å². The van der Waals surface area contributed by atoms with E-state index in [0.29, 0.717) is 24.4 Å². The first-order valence-electron chi connectivity index (χ1n) is 5.13. The summed E-state index contributed by atoms with van der Waals surface area (Å²) in [5.74, 6) is 0.432. The minimum absolute atomic E-state index is 0.0383. The van der Waals surface area contributed by atoms with E-state index in [9.17, 15) is 0 Å². The van der Waals surface area contributed by atoms with E-state index in [0.717, 1.165) is 0 Å². The van der Waals surface area contributed by atoms with Crippen LogP contribution in [-0.4, -0.2) is 36.5 Å². The van der Waals surface area contributed by atoms with Crippen LogP contribution in [0.1, 0.15) is 12.0 Å². The Hall–Kier alpha value is -1.35. The molecule has 0 aromatic carbocycles. The van der Waals surface area contributed by atoms with Gasteiger partial charge in [0.25, 0.3) is 0 Å². The number of rotatable bonds is 6. The number of nitrogens with zero attached hydrogens (tertiary/aromatic N) is 2. The van der Waals surface area contributed by atoms with Gasteiger partial charge in [0.1, 0.15) is 16.9 Å². The van der Waals surface area contributed by atoms with E-state index < -0.39 is 0 Å². The Kier molecular flexibility index (Phi) is 5.70. The summed E-state index contributed by atoms with van der Waals surface area (Å²) in [7, 11) is 1.58. The smallest absolute Gasteiger partial charge is 0.146 e. The topological polar surface area (TPSA) is 78.2 Å². The Balaban J connectivity index is 2.82. The standard InChI is InChI=1S/C11H14ClN3O2/c1-17-7-9(3-5-16)15-11-10(12)8(6-13)2-4-14-11/h2,4,9,16H,3,5,7H2,1H3,(H,14,15). The predicted molar refractivity (Wildman–Crippen MR) is 65.0 cm³/mol. The molecule has 0 amide bonds. The van der Waals surface area contributed by atoms with Crippen molar-refractivity contribution >= 4 is 17.4 Å². The molecule has 0 saturated carbocycles. The zero-order valence-electron chi connectivity index (χ0n) is 9.48. The first-order chi connectivity index (χ1) is 8.22. The number of hydrogen-bond acceptors (Lipinski definition) is 5. The van der Waals surface area contributed by atoms with E-state index in [4.69, 9.17) is 26.7 Å². The maximum Gasteiger partial charge on any atom is 0.146 e. The van der Waals surface area contributed by atoms with Gasteiger partial charge in [-0.3, -0.25) is 0 Å². The number of pyridine rings is 1. The van der Waals surface area contributed by atoms with Gasteiger partial charge in [0, 0.05) is 19.9 Å². The van der Waals surface area contributed by atoms with Crippen LogP contribution in [0.5, 0.6) is 0 Å². The number of anilines is 1. The molecular formula is C11H14ClN3O2. The second kappa shape index (κ2) is 7.07. The van der Waals surface area contributed by atoms with Crippen LogP contribution in [0.15, 0.2) is 12.3 Å². The highest BCUT2D eigenvalue weighted by atomic mass is 35.5. The third kappa shape index (κ3) is 3.86. The summed E-state index contributed by atoms with van der Waals surface area (Å²) >= 11 is 6.00. The zero-order valence-corrected chi connectivity index (χ0v) is 10.2. The lowest BCUT2D eigenvalue weighted by atomic mass is 10.2. The molecule has 0 aliphatic carbocycles. The third-order valence-corrected chi connectivity index (χ3v) is 2.58. The molecule has 5 nitrogen and oxygen atoms in total. The third-order valence-electron chi connectivity index (χ3n) is 2.20. The second-order valence-electron chi connectivity index (χ2n) is 3.44. The minimum Gasteiger partial charge on any atom is -0.396 e. The maximum atomic E-state index is 8.91. The molecule has 2 N–H and O–H groups in total. The van der Waals surface area contributed by atoms with Crippen molar-refractivity contribution in [1.29, 1.82) is 5.26 Å². The molecule has 0 aliphatic heterocycles. The Labute approximate surface area is 105 Å². The van der Waals surface area contributed by atoms with E-state index in [-0.39, 0.29) is 17.7 Å². The van der Waals surface area contributed by atoms with E-state index in [1.54, 1.807) is 13.2 Å². The number of hydrogen-bond donors (Lipinski definition) is 2. The number of nitriles is 1. The van der Waals surface area contributed by atoms with Crippen LogP contribution in [0, 0.1) is 11.3 Å². The fraction of sp³-hybridized carbons (Fsp3) is 0.455. The van der Waals surface area contributed by atoms with Gasteiger partial charge in [-0.2, -0.15) is 5.26 Å². The number of aliphatic hydroxyl groups is 1. The van der Waals surface area contributed by atoms with Crippen LogP contribution < -0.4 is 5.32 Å². The summed E-state index contributed by atoms with van der Waals surface area (Å²) in [5, 5.41) is 21.1. The van der Waals surface area contributed by atoms with Crippen molar-refractivity contribution < 1.29 is 9.84 Å². The molecule has 0 fully saturated rings. The van der Waals surface area contributed by atoms with Crippen molar-refractivity contribution in [3.8, 4) is 6.07 Å². The lowest BCUT2D eigenvalue weighted by Gasteiger charge is -2.18. The average Bonchev–Trinajstić information content (AvgIpc) is 2.32. The molecule has 92 valence electrons. The molecule has 0 aliphatic rings. The van der Waals surface area contributed by atoms with Gasteiger partial charge in [-0.05, 0) is 12.5 Å². The first kappa shape index (κ1) is 13.7. The Bertz CT molecular complexity index is 400. The molecule has 0 radical (unpaired) electrons. The fourth-order valence-corrected chi connectivity index (χ4v) is 1.59. The molecule has 1 heterocycles. The monoisotopic (exact) mass is 255 g/mol. The van der Waals surface area contributed by atoms with Crippen LogP contribution >= 0.6 is 11.6 Å². The van der Waals surface area contributed by atoms with Crippen LogP contribution in [0.2, 0.25) is 5.02 Å². The van der Waals surface area contributed by atoms with Gasteiger partial charge < -0.3 is 15.2 Å².